The number of anilines is 2. The van der Waals surface area contributed by atoms with E-state index in [-0.39, 0.29) is 11.4 Å². The first-order valence-electron chi connectivity index (χ1n) is 12.3. The van der Waals surface area contributed by atoms with Gasteiger partial charge in [-0.2, -0.15) is 0 Å². The zero-order valence-corrected chi connectivity index (χ0v) is 21.9. The lowest BCUT2D eigenvalue weighted by atomic mass is 10.1. The summed E-state index contributed by atoms with van der Waals surface area (Å²) in [5.41, 5.74) is 5.12. The van der Waals surface area contributed by atoms with Gasteiger partial charge >= 0.3 is 0 Å². The molecule has 0 fully saturated rings. The third kappa shape index (κ3) is 4.58. The Hall–Kier alpha value is -4.10. The van der Waals surface area contributed by atoms with E-state index in [4.69, 9.17) is 0 Å². The number of carbonyl (C=O) groups is 1. The molecule has 7 heteroatoms. The molecule has 0 saturated carbocycles. The van der Waals surface area contributed by atoms with Crippen LogP contribution in [-0.4, -0.2) is 25.4 Å². The topological polar surface area (TPSA) is 71.4 Å². The van der Waals surface area contributed by atoms with Crippen molar-refractivity contribution >= 4 is 49.1 Å². The molecule has 0 aliphatic heterocycles. The number of aryl methyl sites for hydroxylation is 3. The van der Waals surface area contributed by atoms with Gasteiger partial charge in [-0.05, 0) is 68.8 Å². The monoisotopic (exact) mass is 511 g/mol. The first kappa shape index (κ1) is 24.6. The fraction of sp³-hybridized carbons (Fsp3) is 0.167. The summed E-state index contributed by atoms with van der Waals surface area (Å²) in [4.78, 5) is 13.4. The van der Waals surface area contributed by atoms with Crippen LogP contribution in [0.4, 0.5) is 11.4 Å². The number of hydrogen-bond donors (Lipinski definition) is 1. The highest BCUT2D eigenvalue weighted by atomic mass is 32.2. The zero-order valence-electron chi connectivity index (χ0n) is 21.1. The maximum atomic E-state index is 13.7. The van der Waals surface area contributed by atoms with Crippen LogP contribution in [0.1, 0.15) is 18.1 Å². The van der Waals surface area contributed by atoms with Gasteiger partial charge in [-0.15, -0.1) is 0 Å². The second-order valence-corrected chi connectivity index (χ2v) is 11.0. The average Bonchev–Trinajstić information content (AvgIpc) is 3.21. The number of benzene rings is 4. The van der Waals surface area contributed by atoms with Crippen LogP contribution in [0.15, 0.2) is 95.9 Å². The molecule has 5 rings (SSSR count). The van der Waals surface area contributed by atoms with Crippen LogP contribution >= 0.6 is 0 Å². The van der Waals surface area contributed by atoms with Gasteiger partial charge in [-0.1, -0.05) is 54.1 Å². The van der Waals surface area contributed by atoms with Gasteiger partial charge in [-0.3, -0.25) is 9.10 Å². The van der Waals surface area contributed by atoms with Gasteiger partial charge in [0.25, 0.3) is 10.0 Å². The van der Waals surface area contributed by atoms with E-state index in [2.05, 4.69) is 28.9 Å². The standard InChI is InChI=1S/C30H29N3O3S/c1-4-32-28-13-9-8-12-25(28)26-19-23(15-17-29(26)32)31-30(34)20-33(27-16-14-21(2)18-22(27)3)37(35,36)24-10-6-5-7-11-24/h5-19H,4,20H2,1-3H3,(H,31,34). The summed E-state index contributed by atoms with van der Waals surface area (Å²) in [5.74, 6) is -0.418. The molecule has 5 aromatic rings. The summed E-state index contributed by atoms with van der Waals surface area (Å²) in [6, 6.07) is 27.7. The minimum absolute atomic E-state index is 0.136. The molecule has 0 atom stereocenters. The minimum atomic E-state index is -3.97. The number of para-hydroxylation sites is 1. The summed E-state index contributed by atoms with van der Waals surface area (Å²) in [5, 5.41) is 5.08. The van der Waals surface area contributed by atoms with Crippen molar-refractivity contribution < 1.29 is 13.2 Å². The number of amides is 1. The molecule has 0 aliphatic rings. The molecule has 6 nitrogen and oxygen atoms in total. The van der Waals surface area contributed by atoms with Crippen molar-refractivity contribution in [1.82, 2.24) is 4.57 Å². The Morgan fingerprint density at radius 3 is 2.27 bits per heavy atom. The quantitative estimate of drug-likeness (QED) is 0.280. The summed E-state index contributed by atoms with van der Waals surface area (Å²) in [6.07, 6.45) is 0. The number of rotatable bonds is 7. The maximum Gasteiger partial charge on any atom is 0.264 e. The van der Waals surface area contributed by atoms with E-state index in [1.807, 2.05) is 56.3 Å². The van der Waals surface area contributed by atoms with Crippen molar-refractivity contribution in [2.75, 3.05) is 16.2 Å². The van der Waals surface area contributed by atoms with Crippen molar-refractivity contribution in [2.24, 2.45) is 0 Å². The molecular formula is C30H29N3O3S. The number of aromatic nitrogens is 1. The number of sulfonamides is 1. The summed E-state index contributed by atoms with van der Waals surface area (Å²) < 4.78 is 30.7. The predicted octanol–water partition coefficient (Wildman–Crippen LogP) is 6.27. The fourth-order valence-electron chi connectivity index (χ4n) is 4.91. The lowest BCUT2D eigenvalue weighted by Gasteiger charge is -2.26. The molecule has 188 valence electrons. The highest BCUT2D eigenvalue weighted by Gasteiger charge is 2.28. The van der Waals surface area contributed by atoms with Crippen LogP contribution in [0, 0.1) is 13.8 Å². The molecule has 37 heavy (non-hydrogen) atoms. The van der Waals surface area contributed by atoms with Crippen LogP contribution in [0.25, 0.3) is 21.8 Å². The number of nitrogens with one attached hydrogen (secondary N) is 1. The summed E-state index contributed by atoms with van der Waals surface area (Å²) >= 11 is 0. The van der Waals surface area contributed by atoms with Crippen molar-refractivity contribution in [3.8, 4) is 0 Å². The molecule has 1 heterocycles. The second kappa shape index (κ2) is 9.75. The Morgan fingerprint density at radius 2 is 1.54 bits per heavy atom. The Morgan fingerprint density at radius 1 is 0.838 bits per heavy atom. The molecule has 0 spiro atoms. The van der Waals surface area contributed by atoms with E-state index >= 15 is 0 Å². The smallest absolute Gasteiger partial charge is 0.264 e. The van der Waals surface area contributed by atoms with E-state index in [9.17, 15) is 13.2 Å². The lowest BCUT2D eigenvalue weighted by molar-refractivity contribution is -0.114. The Labute approximate surface area is 217 Å². The zero-order chi connectivity index (χ0) is 26.2. The molecule has 1 amide bonds. The van der Waals surface area contributed by atoms with E-state index in [1.165, 1.54) is 4.31 Å². The Kier molecular flexibility index (Phi) is 6.48. The highest BCUT2D eigenvalue weighted by Crippen LogP contribution is 2.31. The molecule has 4 aromatic carbocycles. The first-order chi connectivity index (χ1) is 17.8. The van der Waals surface area contributed by atoms with Crippen LogP contribution in [0.3, 0.4) is 0 Å². The molecule has 0 aliphatic carbocycles. The number of carbonyl (C=O) groups excluding carboxylic acids is 1. The maximum absolute atomic E-state index is 13.7. The van der Waals surface area contributed by atoms with Gasteiger partial charge < -0.3 is 9.88 Å². The highest BCUT2D eigenvalue weighted by molar-refractivity contribution is 7.92. The SMILES string of the molecule is CCn1c2ccccc2c2cc(NC(=O)CN(c3ccc(C)cc3C)S(=O)(=O)c3ccccc3)ccc21. The van der Waals surface area contributed by atoms with Crippen LogP contribution < -0.4 is 9.62 Å². The molecule has 1 N–H and O–H groups in total. The van der Waals surface area contributed by atoms with Gasteiger partial charge in [0.15, 0.2) is 0 Å². The average molecular weight is 512 g/mol. The molecule has 0 radical (unpaired) electrons. The third-order valence-electron chi connectivity index (χ3n) is 6.61. The van der Waals surface area contributed by atoms with Crippen molar-refractivity contribution in [2.45, 2.75) is 32.2 Å². The number of hydrogen-bond acceptors (Lipinski definition) is 3. The minimum Gasteiger partial charge on any atom is -0.341 e. The van der Waals surface area contributed by atoms with E-state index in [0.29, 0.717) is 11.4 Å². The normalized spacial score (nSPS) is 11.6. The number of fused-ring (bicyclic) bond motifs is 3. The van der Waals surface area contributed by atoms with Gasteiger partial charge in [0.2, 0.25) is 5.91 Å². The predicted molar refractivity (Wildman–Crippen MR) is 151 cm³/mol. The third-order valence-corrected chi connectivity index (χ3v) is 8.39. The Bertz CT molecular complexity index is 1720. The van der Waals surface area contributed by atoms with Gasteiger partial charge in [0.05, 0.1) is 10.6 Å². The van der Waals surface area contributed by atoms with Crippen molar-refractivity contribution in [1.29, 1.82) is 0 Å². The van der Waals surface area contributed by atoms with Gasteiger partial charge in [0, 0.05) is 34.0 Å². The molecular weight excluding hydrogens is 482 g/mol. The summed E-state index contributed by atoms with van der Waals surface area (Å²) in [7, 11) is -3.97. The Balaban J connectivity index is 1.50. The van der Waals surface area contributed by atoms with Crippen molar-refractivity contribution in [3.05, 3.63) is 102 Å². The van der Waals surface area contributed by atoms with Crippen LogP contribution in [0.2, 0.25) is 0 Å². The van der Waals surface area contributed by atoms with Crippen LogP contribution in [-0.2, 0) is 21.4 Å². The van der Waals surface area contributed by atoms with Crippen molar-refractivity contribution in [3.63, 3.8) is 0 Å². The van der Waals surface area contributed by atoms with Gasteiger partial charge in [0.1, 0.15) is 6.54 Å². The first-order valence-corrected chi connectivity index (χ1v) is 13.7. The van der Waals surface area contributed by atoms with E-state index in [0.717, 1.165) is 39.5 Å². The largest absolute Gasteiger partial charge is 0.341 e. The molecule has 0 saturated heterocycles. The lowest BCUT2D eigenvalue weighted by Crippen LogP contribution is -2.38. The number of nitrogens with zero attached hydrogens (tertiary/aromatic N) is 2. The van der Waals surface area contributed by atoms with E-state index in [1.54, 1.807) is 36.4 Å². The van der Waals surface area contributed by atoms with Gasteiger partial charge in [-0.25, -0.2) is 8.42 Å². The fourth-order valence-corrected chi connectivity index (χ4v) is 6.41. The van der Waals surface area contributed by atoms with Crippen LogP contribution in [0.5, 0.6) is 0 Å². The second-order valence-electron chi connectivity index (χ2n) is 9.16. The summed E-state index contributed by atoms with van der Waals surface area (Å²) in [6.45, 7) is 6.39. The molecule has 0 unspecified atom stereocenters. The molecule has 1 aromatic heterocycles. The van der Waals surface area contributed by atoms with E-state index < -0.39 is 15.9 Å². The molecule has 0 bridgehead atoms.